The molecule has 1 aliphatic rings. The van der Waals surface area contributed by atoms with Crippen molar-refractivity contribution in [2.45, 2.75) is 192 Å². The van der Waals surface area contributed by atoms with Crippen molar-refractivity contribution in [2.24, 2.45) is 0 Å². The van der Waals surface area contributed by atoms with Crippen LogP contribution in [0.5, 0.6) is 0 Å². The highest BCUT2D eigenvalue weighted by molar-refractivity contribution is 7.80. The van der Waals surface area contributed by atoms with Crippen molar-refractivity contribution < 1.29 is 56.2 Å². The van der Waals surface area contributed by atoms with Gasteiger partial charge >= 0.3 is 16.4 Å². The minimum absolute atomic E-state index is 0.0312. The van der Waals surface area contributed by atoms with Crippen LogP contribution in [0.15, 0.2) is 48.6 Å². The van der Waals surface area contributed by atoms with Crippen LogP contribution in [0.3, 0.4) is 0 Å². The molecule has 12 nitrogen and oxygen atoms in total. The molecule has 0 spiro atoms. The van der Waals surface area contributed by atoms with E-state index in [1.54, 1.807) is 0 Å². The lowest BCUT2D eigenvalue weighted by atomic mass is 9.99. The molecule has 0 radical (unpaired) electrons. The molecule has 13 heteroatoms. The third-order valence-corrected chi connectivity index (χ3v) is 9.93. The van der Waals surface area contributed by atoms with Gasteiger partial charge in [0.25, 0.3) is 0 Å². The molecule has 1 fully saturated rings. The topological polar surface area (TPSA) is 178 Å². The van der Waals surface area contributed by atoms with Gasteiger partial charge in [0.15, 0.2) is 6.29 Å². The molecule has 4 N–H and O–H groups in total. The molecule has 1 heterocycles. The first kappa shape index (κ1) is 52.1. The summed E-state index contributed by atoms with van der Waals surface area (Å²) >= 11 is 0. The van der Waals surface area contributed by atoms with Crippen molar-refractivity contribution in [2.75, 3.05) is 26.4 Å². The van der Waals surface area contributed by atoms with Crippen LogP contribution in [0.1, 0.15) is 155 Å². The maximum Gasteiger partial charge on any atom is 0.397 e. The van der Waals surface area contributed by atoms with Crippen molar-refractivity contribution in [3.63, 3.8) is 0 Å². The summed E-state index contributed by atoms with van der Waals surface area (Å²) in [6.45, 7) is 3.79. The van der Waals surface area contributed by atoms with E-state index < -0.39 is 59.8 Å². The lowest BCUT2D eigenvalue weighted by Crippen LogP contribution is -2.60. The standard InChI is InChI=1S/C43H76O12S/c1-3-5-7-9-11-12-13-14-15-16-17-18-19-20-21-22-23-24-25-27-29-31-33-51-35-37(53-39(45)32-30-28-26-10-8-6-4-2)36-52-43-41(47)42(55-56(48,49)50)40(46)38(34-44)54-43/h5,7,11-12,14-15,17-18,37-38,40-44,46-47H,3-4,6,8-10,13,16,19-36H2,1-2H3,(H,48,49,50)/b7-5-,12-11-,15-14-,18-17-. The summed E-state index contributed by atoms with van der Waals surface area (Å²) in [5, 5.41) is 30.5. The Kier molecular flexibility index (Phi) is 32.6. The Morgan fingerprint density at radius 2 is 1.23 bits per heavy atom. The van der Waals surface area contributed by atoms with Gasteiger partial charge in [0, 0.05) is 13.0 Å². The van der Waals surface area contributed by atoms with Crippen LogP contribution in [-0.4, -0.2) is 97.5 Å². The zero-order valence-electron chi connectivity index (χ0n) is 34.4. The maximum atomic E-state index is 12.7. The SMILES string of the molecule is CC/C=C\C/C=C\C/C=C\C/C=C\CCCCCCCCCCCOCC(COC1OC(CO)C(O)C(OS(=O)(=O)O)C1O)OC(=O)CCCCCCCCC. The van der Waals surface area contributed by atoms with Gasteiger partial charge in [-0.2, -0.15) is 8.42 Å². The first-order chi connectivity index (χ1) is 27.1. The number of aliphatic hydroxyl groups is 3. The largest absolute Gasteiger partial charge is 0.457 e. The normalized spacial score (nSPS) is 21.3. The van der Waals surface area contributed by atoms with Crippen LogP contribution >= 0.6 is 0 Å². The number of carbonyl (C=O) groups excluding carboxylic acids is 1. The Hall–Kier alpha value is -1.94. The zero-order valence-corrected chi connectivity index (χ0v) is 35.2. The molecule has 0 aliphatic carbocycles. The van der Waals surface area contributed by atoms with E-state index in [1.165, 1.54) is 57.8 Å². The van der Waals surface area contributed by atoms with Crippen LogP contribution in [0.2, 0.25) is 0 Å². The number of hydrogen-bond donors (Lipinski definition) is 4. The molecular formula is C43H76O12S. The molecule has 1 aliphatic heterocycles. The zero-order chi connectivity index (χ0) is 41.1. The minimum atomic E-state index is -5.06. The third kappa shape index (κ3) is 28.5. The average Bonchev–Trinajstić information content (AvgIpc) is 3.16. The first-order valence-electron chi connectivity index (χ1n) is 21.4. The molecule has 1 rings (SSSR count). The van der Waals surface area contributed by atoms with E-state index in [0.29, 0.717) is 13.0 Å². The van der Waals surface area contributed by atoms with Crippen molar-refractivity contribution in [3.8, 4) is 0 Å². The van der Waals surface area contributed by atoms with Gasteiger partial charge in [0.05, 0.1) is 19.8 Å². The smallest absolute Gasteiger partial charge is 0.397 e. The van der Waals surface area contributed by atoms with E-state index in [0.717, 1.165) is 70.6 Å². The number of aliphatic hydroxyl groups excluding tert-OH is 3. The first-order valence-corrected chi connectivity index (χ1v) is 22.8. The van der Waals surface area contributed by atoms with Crippen molar-refractivity contribution >= 4 is 16.4 Å². The Bertz CT molecular complexity index is 1170. The van der Waals surface area contributed by atoms with E-state index in [1.807, 2.05) is 0 Å². The van der Waals surface area contributed by atoms with Gasteiger partial charge in [-0.15, -0.1) is 0 Å². The maximum absolute atomic E-state index is 12.7. The second-order valence-electron chi connectivity index (χ2n) is 14.6. The lowest BCUT2D eigenvalue weighted by Gasteiger charge is -2.41. The molecular weight excluding hydrogens is 741 g/mol. The summed E-state index contributed by atoms with van der Waals surface area (Å²) in [5.74, 6) is -0.410. The van der Waals surface area contributed by atoms with Crippen molar-refractivity contribution in [1.82, 2.24) is 0 Å². The number of carbonyl (C=O) groups is 1. The van der Waals surface area contributed by atoms with Crippen LogP contribution in [0, 0.1) is 0 Å². The van der Waals surface area contributed by atoms with Gasteiger partial charge < -0.3 is 34.3 Å². The molecule has 6 atom stereocenters. The Labute approximate surface area is 338 Å². The van der Waals surface area contributed by atoms with E-state index in [2.05, 4.69) is 66.6 Å². The molecule has 0 bridgehead atoms. The van der Waals surface area contributed by atoms with Crippen molar-refractivity contribution in [3.05, 3.63) is 48.6 Å². The molecule has 0 saturated carbocycles. The molecule has 0 aromatic carbocycles. The predicted octanol–water partition coefficient (Wildman–Crippen LogP) is 8.41. The van der Waals surface area contributed by atoms with E-state index in [4.69, 9.17) is 23.5 Å². The van der Waals surface area contributed by atoms with Crippen LogP contribution < -0.4 is 0 Å². The molecule has 56 heavy (non-hydrogen) atoms. The summed E-state index contributed by atoms with van der Waals surface area (Å²) in [5.41, 5.74) is 0. The summed E-state index contributed by atoms with van der Waals surface area (Å²) in [7, 11) is -5.06. The summed E-state index contributed by atoms with van der Waals surface area (Å²) in [4.78, 5) is 12.7. The molecule has 0 aromatic heterocycles. The number of unbranched alkanes of at least 4 members (excludes halogenated alkanes) is 15. The van der Waals surface area contributed by atoms with E-state index >= 15 is 0 Å². The quantitative estimate of drug-likeness (QED) is 0.0206. The highest BCUT2D eigenvalue weighted by Crippen LogP contribution is 2.26. The Balaban J connectivity index is 2.34. The fourth-order valence-corrected chi connectivity index (χ4v) is 6.76. The molecule has 326 valence electrons. The van der Waals surface area contributed by atoms with Gasteiger partial charge in [0.2, 0.25) is 0 Å². The van der Waals surface area contributed by atoms with Crippen LogP contribution in [0.25, 0.3) is 0 Å². The van der Waals surface area contributed by atoms with Crippen LogP contribution in [-0.2, 0) is 38.3 Å². The molecule has 0 amide bonds. The molecule has 1 saturated heterocycles. The third-order valence-electron chi connectivity index (χ3n) is 9.47. The van der Waals surface area contributed by atoms with E-state index in [-0.39, 0.29) is 19.6 Å². The fraction of sp³-hybridized carbons (Fsp3) is 0.791. The summed E-state index contributed by atoms with van der Waals surface area (Å²) in [6, 6.07) is 0. The van der Waals surface area contributed by atoms with Gasteiger partial charge in [-0.3, -0.25) is 9.35 Å². The summed E-state index contributed by atoms with van der Waals surface area (Å²) < 4.78 is 58.8. The summed E-state index contributed by atoms with van der Waals surface area (Å²) in [6.07, 6.45) is 31.8. The second kappa shape index (κ2) is 35.0. The number of esters is 1. The number of rotatable bonds is 36. The second-order valence-corrected chi connectivity index (χ2v) is 15.6. The van der Waals surface area contributed by atoms with E-state index in [9.17, 15) is 28.5 Å². The monoisotopic (exact) mass is 817 g/mol. The van der Waals surface area contributed by atoms with Crippen molar-refractivity contribution in [1.29, 1.82) is 0 Å². The predicted molar refractivity (Wildman–Crippen MR) is 220 cm³/mol. The number of hydrogen-bond acceptors (Lipinski definition) is 11. The number of allylic oxidation sites excluding steroid dienone is 8. The molecule has 0 aromatic rings. The van der Waals surface area contributed by atoms with Gasteiger partial charge in [-0.1, -0.05) is 146 Å². The average molecular weight is 817 g/mol. The highest BCUT2D eigenvalue weighted by atomic mass is 32.3. The lowest BCUT2D eigenvalue weighted by molar-refractivity contribution is -0.301. The number of ether oxygens (including phenoxy) is 4. The van der Waals surface area contributed by atoms with Gasteiger partial charge in [-0.25, -0.2) is 4.18 Å². The van der Waals surface area contributed by atoms with Gasteiger partial charge in [-0.05, 0) is 51.4 Å². The Morgan fingerprint density at radius 3 is 1.80 bits per heavy atom. The minimum Gasteiger partial charge on any atom is -0.457 e. The van der Waals surface area contributed by atoms with Gasteiger partial charge in [0.1, 0.15) is 30.5 Å². The van der Waals surface area contributed by atoms with Crippen LogP contribution in [0.4, 0.5) is 0 Å². The highest BCUT2D eigenvalue weighted by Gasteiger charge is 2.48. The Morgan fingerprint density at radius 1 is 0.696 bits per heavy atom. The molecule has 6 unspecified atom stereocenters. The fourth-order valence-electron chi connectivity index (χ4n) is 6.25.